The second kappa shape index (κ2) is 4.18. The number of rotatable bonds is 1. The number of nitrogens with zero attached hydrogens (tertiary/aromatic N) is 2. The minimum atomic E-state index is -2.87. The summed E-state index contributed by atoms with van der Waals surface area (Å²) in [6.07, 6.45) is 0.739. The Hall–Kier alpha value is -1.14. The first kappa shape index (κ1) is 12.6. The highest BCUT2D eigenvalue weighted by Gasteiger charge is 2.49. The molecule has 4 rings (SSSR count). The minimum absolute atomic E-state index is 0.0787. The first-order valence-corrected chi connectivity index (χ1v) is 9.09. The molecular weight excluding hydrogens is 340 g/mol. The SMILES string of the molecule is O=S1(=O)C[C@@H]2C[C@H]1CN2c1nc2ccccc2cc1Br. The molecule has 0 unspecified atom stereocenters. The van der Waals surface area contributed by atoms with Crippen LogP contribution >= 0.6 is 15.9 Å². The van der Waals surface area contributed by atoms with Crippen LogP contribution in [0.4, 0.5) is 5.82 Å². The third-order valence-electron chi connectivity index (χ3n) is 4.24. The highest BCUT2D eigenvalue weighted by atomic mass is 79.9. The van der Waals surface area contributed by atoms with Crippen LogP contribution in [0.3, 0.4) is 0 Å². The number of sulfone groups is 1. The van der Waals surface area contributed by atoms with Gasteiger partial charge in [-0.3, -0.25) is 0 Å². The lowest BCUT2D eigenvalue weighted by atomic mass is 10.2. The predicted molar refractivity (Wildman–Crippen MR) is 82.8 cm³/mol. The quantitative estimate of drug-likeness (QED) is 0.790. The van der Waals surface area contributed by atoms with E-state index < -0.39 is 9.84 Å². The Morgan fingerprint density at radius 2 is 2.10 bits per heavy atom. The molecule has 6 heteroatoms. The lowest BCUT2D eigenvalue weighted by molar-refractivity contribution is 0.585. The van der Waals surface area contributed by atoms with Gasteiger partial charge >= 0.3 is 0 Å². The fourth-order valence-corrected chi connectivity index (χ4v) is 5.83. The molecule has 4 nitrogen and oxygen atoms in total. The summed E-state index contributed by atoms with van der Waals surface area (Å²) < 4.78 is 24.6. The molecule has 20 heavy (non-hydrogen) atoms. The van der Waals surface area contributed by atoms with Gasteiger partial charge in [0.25, 0.3) is 0 Å². The number of hydrogen-bond donors (Lipinski definition) is 0. The number of benzene rings is 1. The summed E-state index contributed by atoms with van der Waals surface area (Å²) in [4.78, 5) is 6.85. The molecule has 0 aliphatic carbocycles. The Bertz CT molecular complexity index is 806. The topological polar surface area (TPSA) is 50.3 Å². The van der Waals surface area contributed by atoms with Gasteiger partial charge in [0.15, 0.2) is 9.84 Å². The zero-order chi connectivity index (χ0) is 13.9. The maximum absolute atomic E-state index is 11.8. The Kier molecular flexibility index (Phi) is 2.63. The monoisotopic (exact) mass is 352 g/mol. The van der Waals surface area contributed by atoms with E-state index in [1.807, 2.05) is 24.3 Å². The van der Waals surface area contributed by atoms with Crippen molar-refractivity contribution in [3.63, 3.8) is 0 Å². The number of para-hydroxylation sites is 1. The zero-order valence-corrected chi connectivity index (χ0v) is 13.1. The van der Waals surface area contributed by atoms with Gasteiger partial charge in [-0.25, -0.2) is 13.4 Å². The maximum Gasteiger partial charge on any atom is 0.156 e. The Morgan fingerprint density at radius 1 is 1.30 bits per heavy atom. The van der Waals surface area contributed by atoms with Gasteiger partial charge in [-0.1, -0.05) is 18.2 Å². The number of pyridine rings is 1. The van der Waals surface area contributed by atoms with Crippen LogP contribution in [-0.2, 0) is 9.84 Å². The lowest BCUT2D eigenvalue weighted by Crippen LogP contribution is -2.41. The van der Waals surface area contributed by atoms with Crippen molar-refractivity contribution in [3.05, 3.63) is 34.8 Å². The summed E-state index contributed by atoms with van der Waals surface area (Å²) in [6, 6.07) is 10.1. The Balaban J connectivity index is 1.79. The van der Waals surface area contributed by atoms with Crippen molar-refractivity contribution in [2.24, 2.45) is 0 Å². The summed E-state index contributed by atoms with van der Waals surface area (Å²) in [5.74, 6) is 1.13. The van der Waals surface area contributed by atoms with Crippen LogP contribution < -0.4 is 4.90 Å². The van der Waals surface area contributed by atoms with E-state index in [-0.39, 0.29) is 17.0 Å². The van der Waals surface area contributed by atoms with Gasteiger partial charge in [-0.2, -0.15) is 0 Å². The molecule has 2 aliphatic heterocycles. The molecule has 0 N–H and O–H groups in total. The number of aromatic nitrogens is 1. The van der Waals surface area contributed by atoms with Crippen molar-refractivity contribution in [2.45, 2.75) is 17.7 Å². The van der Waals surface area contributed by atoms with E-state index in [2.05, 4.69) is 26.9 Å². The summed E-state index contributed by atoms with van der Waals surface area (Å²) in [6.45, 7) is 0.566. The molecule has 2 fully saturated rings. The molecule has 2 saturated heterocycles. The molecule has 0 saturated carbocycles. The maximum atomic E-state index is 11.8. The van der Waals surface area contributed by atoms with Gasteiger partial charge in [0, 0.05) is 18.0 Å². The van der Waals surface area contributed by atoms with E-state index in [0.717, 1.165) is 27.6 Å². The Morgan fingerprint density at radius 3 is 2.80 bits per heavy atom. The van der Waals surface area contributed by atoms with E-state index in [1.165, 1.54) is 0 Å². The first-order valence-electron chi connectivity index (χ1n) is 6.58. The summed E-state index contributed by atoms with van der Waals surface area (Å²) in [5.41, 5.74) is 0.941. The number of hydrogen-bond acceptors (Lipinski definition) is 4. The van der Waals surface area contributed by atoms with Gasteiger partial charge in [0.05, 0.1) is 21.0 Å². The van der Waals surface area contributed by atoms with E-state index in [4.69, 9.17) is 4.98 Å². The number of fused-ring (bicyclic) bond motifs is 3. The van der Waals surface area contributed by atoms with Crippen LogP contribution in [0.15, 0.2) is 34.8 Å². The third kappa shape index (κ3) is 1.78. The molecule has 1 aromatic carbocycles. The van der Waals surface area contributed by atoms with E-state index in [1.54, 1.807) is 0 Å². The summed E-state index contributed by atoms with van der Waals surface area (Å²) in [7, 11) is -2.87. The van der Waals surface area contributed by atoms with Crippen molar-refractivity contribution < 1.29 is 8.42 Å². The standard InChI is InChI=1S/C14H13BrN2O2S/c15-12-5-9-3-1-2-4-13(9)16-14(12)17-7-11-6-10(17)8-20(11,18)19/h1-5,10-11H,6-8H2/t10-,11-/m0/s1. The average molecular weight is 353 g/mol. The average Bonchev–Trinajstić information content (AvgIpc) is 2.93. The smallest absolute Gasteiger partial charge is 0.156 e. The molecule has 1 aromatic heterocycles. The molecule has 2 aromatic rings. The predicted octanol–water partition coefficient (Wildman–Crippen LogP) is 2.37. The van der Waals surface area contributed by atoms with Crippen LogP contribution in [0.1, 0.15) is 6.42 Å². The van der Waals surface area contributed by atoms with Crippen molar-refractivity contribution in [1.82, 2.24) is 4.98 Å². The van der Waals surface area contributed by atoms with Crippen molar-refractivity contribution in [3.8, 4) is 0 Å². The van der Waals surface area contributed by atoms with Crippen molar-refractivity contribution in [1.29, 1.82) is 0 Å². The molecule has 2 bridgehead atoms. The number of anilines is 1. The van der Waals surface area contributed by atoms with E-state index >= 15 is 0 Å². The van der Waals surface area contributed by atoms with Gasteiger partial charge in [0.2, 0.25) is 0 Å². The molecule has 0 amide bonds. The molecule has 104 valence electrons. The first-order chi connectivity index (χ1) is 9.54. The normalized spacial score (nSPS) is 27.4. The molecule has 3 heterocycles. The van der Waals surface area contributed by atoms with Crippen LogP contribution in [0.2, 0.25) is 0 Å². The fourth-order valence-electron chi connectivity index (χ4n) is 3.24. The highest BCUT2D eigenvalue weighted by molar-refractivity contribution is 9.10. The molecule has 0 spiro atoms. The molecule has 2 aliphatic rings. The van der Waals surface area contributed by atoms with Gasteiger partial charge in [0.1, 0.15) is 5.82 Å². The van der Waals surface area contributed by atoms with Crippen molar-refractivity contribution >= 4 is 42.5 Å². The Labute approximate surface area is 125 Å². The van der Waals surface area contributed by atoms with Gasteiger partial charge in [-0.05, 0) is 34.5 Å². The fraction of sp³-hybridized carbons (Fsp3) is 0.357. The number of halogens is 1. The summed E-state index contributed by atoms with van der Waals surface area (Å²) >= 11 is 3.57. The zero-order valence-electron chi connectivity index (χ0n) is 10.7. The van der Waals surface area contributed by atoms with Crippen LogP contribution in [-0.4, -0.2) is 37.0 Å². The highest BCUT2D eigenvalue weighted by Crippen LogP contribution is 2.39. The van der Waals surface area contributed by atoms with Crippen LogP contribution in [0.5, 0.6) is 0 Å². The van der Waals surface area contributed by atoms with E-state index in [0.29, 0.717) is 6.54 Å². The molecule has 0 radical (unpaired) electrons. The van der Waals surface area contributed by atoms with Crippen LogP contribution in [0.25, 0.3) is 10.9 Å². The second-order valence-electron chi connectivity index (χ2n) is 5.48. The molecule has 2 atom stereocenters. The minimum Gasteiger partial charge on any atom is -0.350 e. The lowest BCUT2D eigenvalue weighted by Gasteiger charge is -2.28. The van der Waals surface area contributed by atoms with Crippen molar-refractivity contribution in [2.75, 3.05) is 17.2 Å². The molecular formula is C14H13BrN2O2S. The van der Waals surface area contributed by atoms with Gasteiger partial charge < -0.3 is 4.90 Å². The summed E-state index contributed by atoms with van der Waals surface area (Å²) in [5, 5.41) is 0.868. The third-order valence-corrected chi connectivity index (χ3v) is 7.03. The largest absolute Gasteiger partial charge is 0.350 e. The van der Waals surface area contributed by atoms with Crippen LogP contribution in [0, 0.1) is 0 Å². The van der Waals surface area contributed by atoms with Gasteiger partial charge in [-0.15, -0.1) is 0 Å². The van der Waals surface area contributed by atoms with E-state index in [9.17, 15) is 8.42 Å². The second-order valence-corrected chi connectivity index (χ2v) is 8.66.